The number of amides is 1. The van der Waals surface area contributed by atoms with E-state index < -0.39 is 0 Å². The maximum atomic E-state index is 11.9. The molecule has 0 unspecified atom stereocenters. The molecule has 0 saturated heterocycles. The summed E-state index contributed by atoms with van der Waals surface area (Å²) in [6.07, 6.45) is 0. The number of nitrogens with one attached hydrogen (secondary N) is 2. The molecule has 5 nitrogen and oxygen atoms in total. The van der Waals surface area contributed by atoms with E-state index in [4.69, 9.17) is 0 Å². The third kappa shape index (κ3) is 2.85. The standard InChI is InChI=1S/C13H15N3O2S/c1-8-4-10(3)16(12(17)5-8)15-14-13(18)11-7-19-6-9(11)2/h4-7,15H,1-3H3,(H,14,18). The van der Waals surface area contributed by atoms with E-state index in [0.717, 1.165) is 16.8 Å². The van der Waals surface area contributed by atoms with Crippen molar-refractivity contribution in [1.29, 1.82) is 0 Å². The van der Waals surface area contributed by atoms with E-state index in [0.29, 0.717) is 5.56 Å². The van der Waals surface area contributed by atoms with Crippen LogP contribution in [0.15, 0.2) is 27.7 Å². The minimum atomic E-state index is -0.259. The number of aromatic nitrogens is 1. The van der Waals surface area contributed by atoms with Gasteiger partial charge in [-0.05, 0) is 43.3 Å². The molecule has 1 amide bonds. The molecule has 0 aliphatic carbocycles. The summed E-state index contributed by atoms with van der Waals surface area (Å²) >= 11 is 1.47. The predicted octanol–water partition coefficient (Wildman–Crippen LogP) is 1.72. The van der Waals surface area contributed by atoms with Gasteiger partial charge in [-0.15, -0.1) is 0 Å². The van der Waals surface area contributed by atoms with Crippen molar-refractivity contribution >= 4 is 17.2 Å². The van der Waals surface area contributed by atoms with Crippen LogP contribution in [0.25, 0.3) is 0 Å². The van der Waals surface area contributed by atoms with E-state index in [9.17, 15) is 9.59 Å². The van der Waals surface area contributed by atoms with Gasteiger partial charge in [-0.25, -0.2) is 10.2 Å². The Morgan fingerprint density at radius 1 is 1.21 bits per heavy atom. The number of thiophene rings is 1. The second kappa shape index (κ2) is 5.27. The van der Waals surface area contributed by atoms with E-state index >= 15 is 0 Å². The SMILES string of the molecule is Cc1cc(C)n(NNC(=O)c2cscc2C)c(=O)c1. The summed E-state index contributed by atoms with van der Waals surface area (Å²) < 4.78 is 1.30. The molecular formula is C13H15N3O2S. The van der Waals surface area contributed by atoms with Gasteiger partial charge in [-0.1, -0.05) is 0 Å². The molecule has 2 rings (SSSR count). The summed E-state index contributed by atoms with van der Waals surface area (Å²) in [5.74, 6) is -0.259. The van der Waals surface area contributed by atoms with Gasteiger partial charge in [0.2, 0.25) is 0 Å². The van der Waals surface area contributed by atoms with Crippen LogP contribution in [0.5, 0.6) is 0 Å². The molecule has 2 aromatic rings. The van der Waals surface area contributed by atoms with Crippen LogP contribution < -0.4 is 16.5 Å². The van der Waals surface area contributed by atoms with Crippen LogP contribution in [0.4, 0.5) is 0 Å². The quantitative estimate of drug-likeness (QED) is 0.840. The lowest BCUT2D eigenvalue weighted by Gasteiger charge is -2.13. The molecule has 0 aliphatic heterocycles. The van der Waals surface area contributed by atoms with Crippen LogP contribution in [0.3, 0.4) is 0 Å². The summed E-state index contributed by atoms with van der Waals surface area (Å²) in [5, 5.41) is 3.68. The fourth-order valence-electron chi connectivity index (χ4n) is 1.78. The Balaban J connectivity index is 2.14. The summed E-state index contributed by atoms with van der Waals surface area (Å²) in [6, 6.07) is 3.36. The van der Waals surface area contributed by atoms with Crippen molar-refractivity contribution in [1.82, 2.24) is 10.1 Å². The molecular weight excluding hydrogens is 262 g/mol. The molecule has 0 aromatic carbocycles. The van der Waals surface area contributed by atoms with Crippen molar-refractivity contribution in [2.75, 3.05) is 5.53 Å². The molecule has 0 saturated carbocycles. The van der Waals surface area contributed by atoms with E-state index in [-0.39, 0.29) is 11.5 Å². The summed E-state index contributed by atoms with van der Waals surface area (Å²) in [6.45, 7) is 5.52. The fourth-order valence-corrected chi connectivity index (χ4v) is 2.61. The zero-order valence-electron chi connectivity index (χ0n) is 11.0. The maximum absolute atomic E-state index is 11.9. The maximum Gasteiger partial charge on any atom is 0.271 e. The van der Waals surface area contributed by atoms with Gasteiger partial charge < -0.3 is 0 Å². The van der Waals surface area contributed by atoms with Gasteiger partial charge >= 0.3 is 0 Å². The number of rotatable bonds is 3. The van der Waals surface area contributed by atoms with Crippen LogP contribution in [0, 0.1) is 20.8 Å². The molecule has 0 fully saturated rings. The Labute approximate surface area is 114 Å². The van der Waals surface area contributed by atoms with Crippen molar-refractivity contribution in [3.63, 3.8) is 0 Å². The van der Waals surface area contributed by atoms with Gasteiger partial charge in [0, 0.05) is 17.1 Å². The molecule has 0 atom stereocenters. The largest absolute Gasteiger partial charge is 0.271 e. The van der Waals surface area contributed by atoms with Gasteiger partial charge in [0.25, 0.3) is 11.5 Å². The van der Waals surface area contributed by atoms with Crippen LogP contribution in [-0.4, -0.2) is 10.6 Å². The monoisotopic (exact) mass is 277 g/mol. The summed E-state index contributed by atoms with van der Waals surface area (Å²) in [5.41, 5.74) is 8.09. The first-order chi connectivity index (χ1) is 8.99. The Morgan fingerprint density at radius 3 is 2.53 bits per heavy atom. The highest BCUT2D eigenvalue weighted by atomic mass is 32.1. The van der Waals surface area contributed by atoms with Gasteiger partial charge in [0.1, 0.15) is 0 Å². The van der Waals surface area contributed by atoms with Crippen LogP contribution >= 0.6 is 11.3 Å². The lowest BCUT2D eigenvalue weighted by atomic mass is 10.2. The molecule has 6 heteroatoms. The Morgan fingerprint density at radius 2 is 1.95 bits per heavy atom. The topological polar surface area (TPSA) is 63.1 Å². The summed E-state index contributed by atoms with van der Waals surface area (Å²) in [7, 11) is 0. The third-order valence-electron chi connectivity index (χ3n) is 2.74. The Hall–Kier alpha value is -2.08. The highest BCUT2D eigenvalue weighted by Crippen LogP contribution is 2.12. The molecule has 0 aliphatic rings. The fraction of sp³-hybridized carbons (Fsp3) is 0.231. The van der Waals surface area contributed by atoms with Crippen molar-refractivity contribution < 1.29 is 4.79 Å². The first-order valence-electron chi connectivity index (χ1n) is 5.78. The number of carbonyl (C=O) groups is 1. The molecule has 2 heterocycles. The highest BCUT2D eigenvalue weighted by molar-refractivity contribution is 7.08. The number of hydrogen-bond donors (Lipinski definition) is 2. The number of pyridine rings is 1. The van der Waals surface area contributed by atoms with Gasteiger partial charge in [-0.3, -0.25) is 15.0 Å². The van der Waals surface area contributed by atoms with Gasteiger partial charge in [-0.2, -0.15) is 11.3 Å². The average molecular weight is 277 g/mol. The van der Waals surface area contributed by atoms with E-state index in [2.05, 4.69) is 11.0 Å². The van der Waals surface area contributed by atoms with Crippen molar-refractivity contribution in [2.45, 2.75) is 20.8 Å². The van der Waals surface area contributed by atoms with Crippen molar-refractivity contribution in [3.8, 4) is 0 Å². The average Bonchev–Trinajstić information content (AvgIpc) is 2.73. The van der Waals surface area contributed by atoms with E-state index in [1.54, 1.807) is 12.3 Å². The zero-order chi connectivity index (χ0) is 14.0. The summed E-state index contributed by atoms with van der Waals surface area (Å²) in [4.78, 5) is 23.7. The third-order valence-corrected chi connectivity index (χ3v) is 3.60. The first-order valence-corrected chi connectivity index (χ1v) is 6.73. The first kappa shape index (κ1) is 13.4. The van der Waals surface area contributed by atoms with Crippen LogP contribution in [0.1, 0.15) is 27.2 Å². The molecule has 0 radical (unpaired) electrons. The van der Waals surface area contributed by atoms with E-state index in [1.807, 2.05) is 25.3 Å². The number of nitrogens with zero attached hydrogens (tertiary/aromatic N) is 1. The normalized spacial score (nSPS) is 10.3. The number of hydrazine groups is 1. The minimum absolute atomic E-state index is 0.208. The number of carbonyl (C=O) groups excluding carboxylic acids is 1. The number of hydrogen-bond acceptors (Lipinski definition) is 4. The minimum Gasteiger partial charge on any atom is -0.267 e. The second-order valence-corrected chi connectivity index (χ2v) is 5.13. The second-order valence-electron chi connectivity index (χ2n) is 4.38. The molecule has 19 heavy (non-hydrogen) atoms. The van der Waals surface area contributed by atoms with Crippen LogP contribution in [-0.2, 0) is 0 Å². The predicted molar refractivity (Wildman–Crippen MR) is 76.1 cm³/mol. The number of aryl methyl sites for hydroxylation is 3. The molecule has 2 N–H and O–H groups in total. The molecule has 0 spiro atoms. The van der Waals surface area contributed by atoms with Gasteiger partial charge in [0.05, 0.1) is 5.56 Å². The highest BCUT2D eigenvalue weighted by Gasteiger charge is 2.09. The lowest BCUT2D eigenvalue weighted by molar-refractivity contribution is 0.0956. The Kier molecular flexibility index (Phi) is 3.71. The van der Waals surface area contributed by atoms with Crippen LogP contribution in [0.2, 0.25) is 0 Å². The van der Waals surface area contributed by atoms with Crippen molar-refractivity contribution in [3.05, 3.63) is 55.6 Å². The molecule has 2 aromatic heterocycles. The van der Waals surface area contributed by atoms with Crippen molar-refractivity contribution in [2.24, 2.45) is 0 Å². The molecule has 0 bridgehead atoms. The van der Waals surface area contributed by atoms with E-state index in [1.165, 1.54) is 22.1 Å². The smallest absolute Gasteiger partial charge is 0.267 e. The zero-order valence-corrected chi connectivity index (χ0v) is 11.8. The lowest BCUT2D eigenvalue weighted by Crippen LogP contribution is -2.42. The Bertz CT molecular complexity index is 673. The van der Waals surface area contributed by atoms with Gasteiger partial charge in [0.15, 0.2) is 0 Å². The molecule has 100 valence electrons.